The summed E-state index contributed by atoms with van der Waals surface area (Å²) in [6, 6.07) is 4.92. The molecule has 1 aliphatic carbocycles. The number of rotatable bonds is 10. The molecule has 1 N–H and O–H groups in total. The molecule has 26 heavy (non-hydrogen) atoms. The molecule has 6 nitrogen and oxygen atoms in total. The summed E-state index contributed by atoms with van der Waals surface area (Å²) in [7, 11) is 5.03. The lowest BCUT2D eigenvalue weighted by atomic mass is 10.2. The van der Waals surface area contributed by atoms with E-state index >= 15 is 0 Å². The second-order valence-electron chi connectivity index (χ2n) is 6.20. The largest absolute Gasteiger partial charge is 0.493 e. The number of methoxy groups -OCH3 is 1. The van der Waals surface area contributed by atoms with Gasteiger partial charge in [0.1, 0.15) is 0 Å². The van der Waals surface area contributed by atoms with Crippen LogP contribution in [-0.2, 0) is 11.3 Å². The molecular formula is C18H27F2N3O3. The van der Waals surface area contributed by atoms with Gasteiger partial charge in [0.15, 0.2) is 17.5 Å². The summed E-state index contributed by atoms with van der Waals surface area (Å²) in [4.78, 5) is 6.20. The summed E-state index contributed by atoms with van der Waals surface area (Å²) in [5.74, 6) is 1.73. The molecule has 1 aromatic rings. The van der Waals surface area contributed by atoms with Crippen LogP contribution in [0.15, 0.2) is 23.2 Å². The van der Waals surface area contributed by atoms with Crippen LogP contribution >= 0.6 is 0 Å². The van der Waals surface area contributed by atoms with Crippen LogP contribution in [0.1, 0.15) is 18.4 Å². The molecule has 1 fully saturated rings. The van der Waals surface area contributed by atoms with Gasteiger partial charge in [-0.25, -0.2) is 0 Å². The third-order valence-electron chi connectivity index (χ3n) is 4.09. The lowest BCUT2D eigenvalue weighted by Crippen LogP contribution is -2.40. The molecule has 146 valence electrons. The number of nitrogens with one attached hydrogen (secondary N) is 1. The number of aliphatic imine (C=N–C) groups is 1. The van der Waals surface area contributed by atoms with Gasteiger partial charge in [0.25, 0.3) is 0 Å². The van der Waals surface area contributed by atoms with Gasteiger partial charge in [0.2, 0.25) is 0 Å². The van der Waals surface area contributed by atoms with Crippen molar-refractivity contribution in [3.8, 4) is 11.5 Å². The Morgan fingerprint density at radius 1 is 1.35 bits per heavy atom. The van der Waals surface area contributed by atoms with Crippen molar-refractivity contribution in [2.24, 2.45) is 10.9 Å². The van der Waals surface area contributed by atoms with E-state index in [0.29, 0.717) is 19.1 Å². The maximum absolute atomic E-state index is 12.5. The van der Waals surface area contributed by atoms with Crippen molar-refractivity contribution in [3.63, 3.8) is 0 Å². The zero-order valence-corrected chi connectivity index (χ0v) is 15.5. The second kappa shape index (κ2) is 10.2. The number of alkyl halides is 2. The Morgan fingerprint density at radius 2 is 2.12 bits per heavy atom. The third kappa shape index (κ3) is 6.67. The van der Waals surface area contributed by atoms with E-state index in [9.17, 15) is 8.78 Å². The summed E-state index contributed by atoms with van der Waals surface area (Å²) in [5, 5.41) is 3.20. The van der Waals surface area contributed by atoms with Crippen LogP contribution in [0.25, 0.3) is 0 Å². The summed E-state index contributed by atoms with van der Waals surface area (Å²) >= 11 is 0. The fraction of sp³-hybridized carbons (Fsp3) is 0.611. The standard InChI is InChI=1S/C18H27F2N3O3/c1-21-18(23(2)8-9-25-12-13-4-5-13)22-11-14-6-7-15(24-3)16(10-14)26-17(19)20/h6-7,10,13,17H,4-5,8-9,11-12H2,1-3H3,(H,21,22). The number of guanidine groups is 1. The lowest BCUT2D eigenvalue weighted by molar-refractivity contribution is -0.0512. The van der Waals surface area contributed by atoms with E-state index in [-0.39, 0.29) is 11.5 Å². The number of benzene rings is 1. The van der Waals surface area contributed by atoms with Gasteiger partial charge in [-0.2, -0.15) is 8.78 Å². The van der Waals surface area contributed by atoms with Crippen LogP contribution in [0.4, 0.5) is 8.78 Å². The van der Waals surface area contributed by atoms with E-state index in [4.69, 9.17) is 9.47 Å². The Hall–Kier alpha value is -2.09. The first-order valence-corrected chi connectivity index (χ1v) is 8.64. The summed E-state index contributed by atoms with van der Waals surface area (Å²) in [6.07, 6.45) is 2.55. The number of hydrogen-bond acceptors (Lipinski definition) is 4. The molecule has 0 atom stereocenters. The predicted molar refractivity (Wildman–Crippen MR) is 96.0 cm³/mol. The van der Waals surface area contributed by atoms with E-state index in [1.807, 2.05) is 11.9 Å². The maximum atomic E-state index is 12.5. The number of hydrogen-bond donors (Lipinski definition) is 1. The molecule has 8 heteroatoms. The van der Waals surface area contributed by atoms with Crippen LogP contribution in [0, 0.1) is 5.92 Å². The first-order valence-electron chi connectivity index (χ1n) is 8.64. The van der Waals surface area contributed by atoms with Gasteiger partial charge in [0, 0.05) is 33.8 Å². The monoisotopic (exact) mass is 371 g/mol. The molecule has 1 aliphatic rings. The minimum absolute atomic E-state index is 0.0126. The zero-order chi connectivity index (χ0) is 18.9. The summed E-state index contributed by atoms with van der Waals surface area (Å²) in [6.45, 7) is -0.291. The van der Waals surface area contributed by atoms with Gasteiger partial charge >= 0.3 is 6.61 Å². The van der Waals surface area contributed by atoms with Gasteiger partial charge in [-0.3, -0.25) is 4.99 Å². The maximum Gasteiger partial charge on any atom is 0.387 e. The van der Waals surface area contributed by atoms with Crippen LogP contribution in [0.5, 0.6) is 11.5 Å². The number of likely N-dealkylation sites (N-methyl/N-ethyl adjacent to an activating group) is 1. The Kier molecular flexibility index (Phi) is 7.90. The van der Waals surface area contributed by atoms with Crippen molar-refractivity contribution in [3.05, 3.63) is 23.8 Å². The van der Waals surface area contributed by atoms with Gasteiger partial charge < -0.3 is 24.4 Å². The molecule has 0 saturated heterocycles. The van der Waals surface area contributed by atoms with Gasteiger partial charge in [-0.05, 0) is 36.5 Å². The third-order valence-corrected chi connectivity index (χ3v) is 4.09. The average molecular weight is 371 g/mol. The molecule has 1 saturated carbocycles. The lowest BCUT2D eigenvalue weighted by Gasteiger charge is -2.22. The van der Waals surface area contributed by atoms with Crippen LogP contribution in [-0.4, -0.2) is 58.4 Å². The van der Waals surface area contributed by atoms with Crippen molar-refractivity contribution in [1.29, 1.82) is 0 Å². The molecule has 0 unspecified atom stereocenters. The Labute approximate surface area is 153 Å². The van der Waals surface area contributed by atoms with Crippen molar-refractivity contribution >= 4 is 5.96 Å². The number of halogens is 2. The molecule has 2 rings (SSSR count). The minimum atomic E-state index is -2.90. The van der Waals surface area contributed by atoms with Crippen molar-refractivity contribution < 1.29 is 23.0 Å². The molecule has 0 bridgehead atoms. The number of nitrogens with zero attached hydrogens (tertiary/aromatic N) is 2. The normalized spacial score (nSPS) is 14.5. The Morgan fingerprint density at radius 3 is 2.73 bits per heavy atom. The molecule has 1 aromatic carbocycles. The summed E-state index contributed by atoms with van der Waals surface area (Å²) in [5.41, 5.74) is 0.779. The Bertz CT molecular complexity index is 595. The first-order chi connectivity index (χ1) is 12.5. The van der Waals surface area contributed by atoms with E-state index in [0.717, 1.165) is 24.6 Å². The van der Waals surface area contributed by atoms with Crippen LogP contribution < -0.4 is 14.8 Å². The molecule has 0 aliphatic heterocycles. The average Bonchev–Trinajstić information content (AvgIpc) is 3.43. The number of ether oxygens (including phenoxy) is 3. The first kappa shape index (κ1) is 20.2. The molecule has 0 amide bonds. The quantitative estimate of drug-likeness (QED) is 0.389. The summed E-state index contributed by atoms with van der Waals surface area (Å²) < 4.78 is 40.2. The van der Waals surface area contributed by atoms with Crippen LogP contribution in [0.3, 0.4) is 0 Å². The molecule has 0 spiro atoms. The van der Waals surface area contributed by atoms with E-state index < -0.39 is 6.61 Å². The predicted octanol–water partition coefficient (Wildman–Crippen LogP) is 2.73. The topological polar surface area (TPSA) is 55.3 Å². The fourth-order valence-corrected chi connectivity index (χ4v) is 2.43. The van der Waals surface area contributed by atoms with E-state index in [2.05, 4.69) is 15.0 Å². The van der Waals surface area contributed by atoms with E-state index in [1.165, 1.54) is 26.0 Å². The zero-order valence-electron chi connectivity index (χ0n) is 15.5. The van der Waals surface area contributed by atoms with Crippen molar-refractivity contribution in [1.82, 2.24) is 10.2 Å². The molecular weight excluding hydrogens is 344 g/mol. The highest BCUT2D eigenvalue weighted by Gasteiger charge is 2.21. The molecule has 0 aromatic heterocycles. The van der Waals surface area contributed by atoms with E-state index in [1.54, 1.807) is 19.2 Å². The second-order valence-corrected chi connectivity index (χ2v) is 6.20. The highest BCUT2D eigenvalue weighted by atomic mass is 19.3. The fourth-order valence-electron chi connectivity index (χ4n) is 2.43. The SMILES string of the molecule is CN=C(NCc1ccc(OC)c(OC(F)F)c1)N(C)CCOCC1CC1. The minimum Gasteiger partial charge on any atom is -0.493 e. The van der Waals surface area contributed by atoms with Gasteiger partial charge in [0.05, 0.1) is 13.7 Å². The van der Waals surface area contributed by atoms with Gasteiger partial charge in [-0.15, -0.1) is 0 Å². The molecule has 0 heterocycles. The van der Waals surface area contributed by atoms with Gasteiger partial charge in [-0.1, -0.05) is 6.07 Å². The van der Waals surface area contributed by atoms with Crippen molar-refractivity contribution in [2.75, 3.05) is 41.0 Å². The smallest absolute Gasteiger partial charge is 0.387 e. The highest BCUT2D eigenvalue weighted by Crippen LogP contribution is 2.29. The van der Waals surface area contributed by atoms with Crippen LogP contribution in [0.2, 0.25) is 0 Å². The molecule has 0 radical (unpaired) electrons. The Balaban J connectivity index is 1.84. The van der Waals surface area contributed by atoms with Crippen molar-refractivity contribution in [2.45, 2.75) is 26.0 Å². The highest BCUT2D eigenvalue weighted by molar-refractivity contribution is 5.79.